The molecule has 1 aromatic heterocycles. The smallest absolute Gasteiger partial charge is 0.269 e. The second-order valence-corrected chi connectivity index (χ2v) is 9.03. The van der Waals surface area contributed by atoms with Crippen LogP contribution in [0.3, 0.4) is 0 Å². The van der Waals surface area contributed by atoms with Gasteiger partial charge in [0.05, 0.1) is 16.8 Å². The van der Waals surface area contributed by atoms with Crippen LogP contribution in [0, 0.1) is 5.82 Å². The second kappa shape index (κ2) is 10.6. The largest absolute Gasteiger partial charge is 0.384 e. The molecule has 6 nitrogen and oxygen atoms in total. The number of halogens is 1. The first-order chi connectivity index (χ1) is 16.0. The maximum atomic E-state index is 13.4. The molecule has 0 saturated carbocycles. The molecule has 0 atom stereocenters. The van der Waals surface area contributed by atoms with E-state index in [1.165, 1.54) is 40.2 Å². The molecule has 2 heterocycles. The zero-order valence-corrected chi connectivity index (χ0v) is 19.1. The summed E-state index contributed by atoms with van der Waals surface area (Å²) >= 11 is 1.39. The minimum atomic E-state index is -0.346. The molecule has 1 aliphatic heterocycles. The van der Waals surface area contributed by atoms with E-state index in [0.717, 1.165) is 32.5 Å². The van der Waals surface area contributed by atoms with Gasteiger partial charge in [0.1, 0.15) is 11.6 Å². The molecule has 8 heteroatoms. The summed E-state index contributed by atoms with van der Waals surface area (Å²) in [5.74, 6) is 5.94. The van der Waals surface area contributed by atoms with E-state index in [1.807, 2.05) is 17.5 Å². The lowest BCUT2D eigenvalue weighted by atomic mass is 10.0. The van der Waals surface area contributed by atoms with Gasteiger partial charge in [-0.2, -0.15) is 0 Å². The van der Waals surface area contributed by atoms with Crippen LogP contribution in [0.5, 0.6) is 0 Å². The van der Waals surface area contributed by atoms with Crippen molar-refractivity contribution in [2.45, 2.75) is 25.4 Å². The molecule has 172 valence electrons. The fraction of sp³-hybridized carbons (Fsp3) is 0.240. The molecule has 0 unspecified atom stereocenters. The van der Waals surface area contributed by atoms with Crippen molar-refractivity contribution in [3.8, 4) is 0 Å². The van der Waals surface area contributed by atoms with Gasteiger partial charge in [0.2, 0.25) is 0 Å². The summed E-state index contributed by atoms with van der Waals surface area (Å²) in [5, 5.41) is 3.19. The summed E-state index contributed by atoms with van der Waals surface area (Å²) in [6.45, 7) is 2.62. The van der Waals surface area contributed by atoms with Crippen molar-refractivity contribution in [1.29, 1.82) is 0 Å². The Morgan fingerprint density at radius 3 is 2.39 bits per heavy atom. The number of carbonyl (C=O) groups excluding carboxylic acids is 1. The van der Waals surface area contributed by atoms with Gasteiger partial charge in [-0.1, -0.05) is 36.4 Å². The van der Waals surface area contributed by atoms with Crippen LogP contribution in [-0.2, 0) is 6.54 Å². The van der Waals surface area contributed by atoms with E-state index < -0.39 is 0 Å². The molecule has 3 aromatic rings. The van der Waals surface area contributed by atoms with Gasteiger partial charge in [-0.15, -0.1) is 11.3 Å². The first-order valence-corrected chi connectivity index (χ1v) is 11.8. The molecule has 33 heavy (non-hydrogen) atoms. The Labute approximate surface area is 197 Å². The number of hydrazine groups is 1. The lowest BCUT2D eigenvalue weighted by molar-refractivity contribution is 0.0656. The zero-order valence-electron chi connectivity index (χ0n) is 18.3. The number of benzene rings is 2. The number of piperidine rings is 1. The number of thiophene rings is 1. The number of hydrogen-bond donors (Lipinski definition) is 2. The van der Waals surface area contributed by atoms with Crippen LogP contribution >= 0.6 is 11.3 Å². The second-order valence-electron chi connectivity index (χ2n) is 8.08. The molecule has 1 saturated heterocycles. The molecule has 0 radical (unpaired) electrons. The van der Waals surface area contributed by atoms with Gasteiger partial charge in [0, 0.05) is 25.7 Å². The van der Waals surface area contributed by atoms with Gasteiger partial charge in [-0.05, 0) is 54.1 Å². The van der Waals surface area contributed by atoms with Gasteiger partial charge >= 0.3 is 0 Å². The number of nitrogens with two attached hydrogens (primary N) is 2. The summed E-state index contributed by atoms with van der Waals surface area (Å²) in [7, 11) is 0. The molecule has 1 fully saturated rings. The van der Waals surface area contributed by atoms with Gasteiger partial charge in [-0.25, -0.2) is 10.2 Å². The molecule has 4 rings (SSSR count). The Morgan fingerprint density at radius 2 is 1.76 bits per heavy atom. The van der Waals surface area contributed by atoms with Crippen LogP contribution in [0.4, 0.5) is 10.1 Å². The van der Waals surface area contributed by atoms with E-state index in [1.54, 1.807) is 23.1 Å². The predicted molar refractivity (Wildman–Crippen MR) is 131 cm³/mol. The highest BCUT2D eigenvalue weighted by molar-refractivity contribution is 7.12. The number of likely N-dealkylation sites (tertiary alicyclic amines) is 1. The Kier molecular flexibility index (Phi) is 7.39. The van der Waals surface area contributed by atoms with E-state index in [0.29, 0.717) is 10.6 Å². The Balaban J connectivity index is 1.50. The van der Waals surface area contributed by atoms with E-state index >= 15 is 0 Å². The number of hydrogen-bond acceptors (Lipinski definition) is 6. The average Bonchev–Trinajstić information content (AvgIpc) is 3.36. The minimum absolute atomic E-state index is 0.0375. The average molecular weight is 466 g/mol. The molecule has 1 amide bonds. The SMILES string of the molecule is N/C(=C\N(N)c1ccc(F)cc1)N(C(=O)c1cccs1)C1CCN(Cc2ccccc2)CC1. The highest BCUT2D eigenvalue weighted by atomic mass is 32.1. The number of nitrogens with zero attached hydrogens (tertiary/aromatic N) is 3. The Bertz CT molecular complexity index is 1060. The topological polar surface area (TPSA) is 78.8 Å². The van der Waals surface area contributed by atoms with Crippen LogP contribution in [0.2, 0.25) is 0 Å². The molecule has 4 N–H and O–H groups in total. The van der Waals surface area contributed by atoms with Crippen LogP contribution in [0.25, 0.3) is 0 Å². The maximum absolute atomic E-state index is 13.4. The van der Waals surface area contributed by atoms with E-state index in [-0.39, 0.29) is 23.6 Å². The fourth-order valence-corrected chi connectivity index (χ4v) is 4.74. The van der Waals surface area contributed by atoms with Crippen molar-refractivity contribution in [2.24, 2.45) is 11.6 Å². The first kappa shape index (κ1) is 23.0. The third-order valence-corrected chi connectivity index (χ3v) is 6.65. The summed E-state index contributed by atoms with van der Waals surface area (Å²) in [6.07, 6.45) is 3.13. The van der Waals surface area contributed by atoms with Crippen LogP contribution < -0.4 is 16.6 Å². The Hall–Kier alpha value is -3.20. The summed E-state index contributed by atoms with van der Waals surface area (Å²) in [6, 6.07) is 19.8. The molecule has 2 aromatic carbocycles. The van der Waals surface area contributed by atoms with E-state index in [2.05, 4.69) is 29.2 Å². The van der Waals surface area contributed by atoms with Crippen molar-refractivity contribution >= 4 is 22.9 Å². The van der Waals surface area contributed by atoms with Crippen molar-refractivity contribution in [3.63, 3.8) is 0 Å². The lowest BCUT2D eigenvalue weighted by Gasteiger charge is -2.38. The third-order valence-electron chi connectivity index (χ3n) is 5.80. The van der Waals surface area contributed by atoms with Crippen LogP contribution in [0.1, 0.15) is 28.1 Å². The number of anilines is 1. The standard InChI is InChI=1S/C25H28FN5OS/c26-20-8-10-21(11-9-20)30(28)18-24(27)31(25(32)23-7-4-16-33-23)22-12-14-29(15-13-22)17-19-5-2-1-3-6-19/h1-11,16,18,22H,12-15,17,27-28H2/b24-18+. The third kappa shape index (κ3) is 5.78. The van der Waals surface area contributed by atoms with Gasteiger partial charge in [0.25, 0.3) is 5.91 Å². The van der Waals surface area contributed by atoms with Gasteiger partial charge in [0.15, 0.2) is 0 Å². The van der Waals surface area contributed by atoms with Crippen molar-refractivity contribution in [1.82, 2.24) is 9.80 Å². The quantitative estimate of drug-likeness (QED) is 0.405. The number of amides is 1. The summed E-state index contributed by atoms with van der Waals surface area (Å²) in [5.41, 5.74) is 8.29. The minimum Gasteiger partial charge on any atom is -0.384 e. The summed E-state index contributed by atoms with van der Waals surface area (Å²) < 4.78 is 13.3. The number of carbonyl (C=O) groups is 1. The predicted octanol–water partition coefficient (Wildman–Crippen LogP) is 4.13. The van der Waals surface area contributed by atoms with Gasteiger partial charge < -0.3 is 5.73 Å². The molecular weight excluding hydrogens is 437 g/mol. The Morgan fingerprint density at radius 1 is 1.06 bits per heavy atom. The molecule has 0 aliphatic carbocycles. The van der Waals surface area contributed by atoms with Crippen molar-refractivity contribution in [2.75, 3.05) is 18.1 Å². The van der Waals surface area contributed by atoms with Crippen molar-refractivity contribution < 1.29 is 9.18 Å². The molecule has 0 spiro atoms. The maximum Gasteiger partial charge on any atom is 0.269 e. The molecular formula is C25H28FN5OS. The first-order valence-electron chi connectivity index (χ1n) is 10.9. The number of rotatable bonds is 7. The highest BCUT2D eigenvalue weighted by Gasteiger charge is 2.31. The van der Waals surface area contributed by atoms with Crippen molar-refractivity contribution in [3.05, 3.63) is 100 Å². The molecule has 1 aliphatic rings. The van der Waals surface area contributed by atoms with Crippen LogP contribution in [0.15, 0.2) is 84.1 Å². The zero-order chi connectivity index (χ0) is 23.2. The highest BCUT2D eigenvalue weighted by Crippen LogP contribution is 2.25. The molecule has 0 bridgehead atoms. The van der Waals surface area contributed by atoms with E-state index in [9.17, 15) is 9.18 Å². The fourth-order valence-electron chi connectivity index (χ4n) is 4.08. The monoisotopic (exact) mass is 465 g/mol. The lowest BCUT2D eigenvalue weighted by Crippen LogP contribution is -2.48. The summed E-state index contributed by atoms with van der Waals surface area (Å²) in [4.78, 5) is 18.1. The normalized spacial score (nSPS) is 15.4. The van der Waals surface area contributed by atoms with E-state index in [4.69, 9.17) is 11.6 Å². The van der Waals surface area contributed by atoms with Crippen LogP contribution in [-0.4, -0.2) is 34.8 Å². The van der Waals surface area contributed by atoms with Gasteiger partial charge in [-0.3, -0.25) is 19.6 Å².